The molecule has 1 aromatic carbocycles. The van der Waals surface area contributed by atoms with Gasteiger partial charge in [0.2, 0.25) is 5.89 Å². The molecule has 0 amide bonds. The Kier molecular flexibility index (Phi) is 3.05. The normalized spacial score (nSPS) is 11.1. The summed E-state index contributed by atoms with van der Waals surface area (Å²) in [5, 5.41) is 7.70. The van der Waals surface area contributed by atoms with Crippen LogP contribution in [0.5, 0.6) is 0 Å². The van der Waals surface area contributed by atoms with Crippen LogP contribution < -0.4 is 0 Å². The molecule has 1 aromatic heterocycles. The molecule has 0 fully saturated rings. The number of halogens is 2. The van der Waals surface area contributed by atoms with Gasteiger partial charge >= 0.3 is 0 Å². The predicted octanol–water partition coefficient (Wildman–Crippen LogP) is 3.76. The van der Waals surface area contributed by atoms with Crippen molar-refractivity contribution in [1.29, 1.82) is 0 Å². The Balaban J connectivity index is 2.47. The Morgan fingerprint density at radius 3 is 2.69 bits per heavy atom. The molecule has 1 heterocycles. The van der Waals surface area contributed by atoms with Crippen molar-refractivity contribution in [3.63, 3.8) is 0 Å². The Bertz CT molecular complexity index is 510. The standard InChI is InChI=1S/C11H10BrFN2O/c1-6(2)10-14-15-11(16-10)7-4-3-5-8(12)9(7)13/h3-6H,1-2H3. The van der Waals surface area contributed by atoms with Gasteiger partial charge in [-0.1, -0.05) is 19.9 Å². The summed E-state index contributed by atoms with van der Waals surface area (Å²) in [6, 6.07) is 4.96. The largest absolute Gasteiger partial charge is 0.420 e. The zero-order valence-corrected chi connectivity index (χ0v) is 10.5. The van der Waals surface area contributed by atoms with Crippen LogP contribution in [-0.4, -0.2) is 10.2 Å². The smallest absolute Gasteiger partial charge is 0.250 e. The summed E-state index contributed by atoms with van der Waals surface area (Å²) in [7, 11) is 0. The summed E-state index contributed by atoms with van der Waals surface area (Å²) in [6.45, 7) is 3.88. The second-order valence-electron chi connectivity index (χ2n) is 3.70. The van der Waals surface area contributed by atoms with Crippen molar-refractivity contribution in [3.05, 3.63) is 34.4 Å². The minimum atomic E-state index is -0.388. The van der Waals surface area contributed by atoms with Crippen molar-refractivity contribution < 1.29 is 8.81 Å². The fourth-order valence-electron chi connectivity index (χ4n) is 1.25. The Morgan fingerprint density at radius 1 is 1.31 bits per heavy atom. The van der Waals surface area contributed by atoms with E-state index in [0.29, 0.717) is 15.9 Å². The lowest BCUT2D eigenvalue weighted by atomic mass is 10.2. The lowest BCUT2D eigenvalue weighted by molar-refractivity contribution is 0.478. The molecule has 2 rings (SSSR count). The second-order valence-corrected chi connectivity index (χ2v) is 4.56. The molecule has 0 atom stereocenters. The highest BCUT2D eigenvalue weighted by Gasteiger charge is 2.15. The van der Waals surface area contributed by atoms with E-state index in [1.807, 2.05) is 13.8 Å². The fourth-order valence-corrected chi connectivity index (χ4v) is 1.61. The number of hydrogen-bond donors (Lipinski definition) is 0. The molecule has 16 heavy (non-hydrogen) atoms. The third-order valence-electron chi connectivity index (χ3n) is 2.12. The molecule has 0 saturated carbocycles. The lowest BCUT2D eigenvalue weighted by Gasteiger charge is -1.99. The minimum Gasteiger partial charge on any atom is -0.420 e. The van der Waals surface area contributed by atoms with Crippen LogP contribution in [0, 0.1) is 5.82 Å². The van der Waals surface area contributed by atoms with Gasteiger partial charge in [-0.3, -0.25) is 0 Å². The molecule has 0 N–H and O–H groups in total. The molecule has 0 bridgehead atoms. The summed E-state index contributed by atoms with van der Waals surface area (Å²) in [6.07, 6.45) is 0. The Labute approximate surface area is 101 Å². The Hall–Kier alpha value is -1.23. The molecule has 0 saturated heterocycles. The van der Waals surface area contributed by atoms with Crippen molar-refractivity contribution in [3.8, 4) is 11.5 Å². The van der Waals surface area contributed by atoms with E-state index in [1.165, 1.54) is 0 Å². The summed E-state index contributed by atoms with van der Waals surface area (Å²) in [5.74, 6) is 0.467. The van der Waals surface area contributed by atoms with Gasteiger partial charge in [-0.15, -0.1) is 10.2 Å². The molecule has 0 spiro atoms. The van der Waals surface area contributed by atoms with Gasteiger partial charge < -0.3 is 4.42 Å². The van der Waals surface area contributed by atoms with E-state index in [0.717, 1.165) is 0 Å². The zero-order chi connectivity index (χ0) is 11.7. The molecule has 84 valence electrons. The molecule has 2 aromatic rings. The maximum absolute atomic E-state index is 13.7. The summed E-state index contributed by atoms with van der Waals surface area (Å²) in [5.41, 5.74) is 0.314. The van der Waals surface area contributed by atoms with E-state index in [4.69, 9.17) is 4.42 Å². The second kappa shape index (κ2) is 4.33. The topological polar surface area (TPSA) is 38.9 Å². The first-order chi connectivity index (χ1) is 7.59. The van der Waals surface area contributed by atoms with Gasteiger partial charge in [-0.25, -0.2) is 4.39 Å². The number of rotatable bonds is 2. The first-order valence-corrected chi connectivity index (χ1v) is 5.66. The first-order valence-electron chi connectivity index (χ1n) is 4.87. The number of nitrogens with zero attached hydrogens (tertiary/aromatic N) is 2. The molecule has 3 nitrogen and oxygen atoms in total. The van der Waals surface area contributed by atoms with Crippen LogP contribution in [0.2, 0.25) is 0 Å². The molecule has 5 heteroatoms. The van der Waals surface area contributed by atoms with Crippen molar-refractivity contribution >= 4 is 15.9 Å². The van der Waals surface area contributed by atoms with Crippen LogP contribution in [0.1, 0.15) is 25.7 Å². The molecular weight excluding hydrogens is 275 g/mol. The van der Waals surface area contributed by atoms with Gasteiger partial charge in [0.1, 0.15) is 5.82 Å². The van der Waals surface area contributed by atoms with E-state index in [-0.39, 0.29) is 17.6 Å². The highest BCUT2D eigenvalue weighted by atomic mass is 79.9. The van der Waals surface area contributed by atoms with Crippen LogP contribution in [0.4, 0.5) is 4.39 Å². The van der Waals surface area contributed by atoms with E-state index in [1.54, 1.807) is 18.2 Å². The van der Waals surface area contributed by atoms with E-state index < -0.39 is 0 Å². The van der Waals surface area contributed by atoms with E-state index >= 15 is 0 Å². The maximum Gasteiger partial charge on any atom is 0.250 e. The summed E-state index contributed by atoms with van der Waals surface area (Å²) in [4.78, 5) is 0. The van der Waals surface area contributed by atoms with Gasteiger partial charge in [0, 0.05) is 5.92 Å². The average molecular weight is 285 g/mol. The first kappa shape index (κ1) is 11.3. The van der Waals surface area contributed by atoms with E-state index in [9.17, 15) is 4.39 Å². The zero-order valence-electron chi connectivity index (χ0n) is 8.87. The average Bonchev–Trinajstić information content (AvgIpc) is 2.71. The van der Waals surface area contributed by atoms with Gasteiger partial charge in [0.15, 0.2) is 0 Å². The molecular formula is C11H10BrFN2O. The highest BCUT2D eigenvalue weighted by Crippen LogP contribution is 2.27. The van der Waals surface area contributed by atoms with Crippen LogP contribution >= 0.6 is 15.9 Å². The maximum atomic E-state index is 13.7. The number of hydrogen-bond acceptors (Lipinski definition) is 3. The SMILES string of the molecule is CC(C)c1nnc(-c2cccc(Br)c2F)o1. The van der Waals surface area contributed by atoms with Gasteiger partial charge in [0.05, 0.1) is 10.0 Å². The summed E-state index contributed by atoms with van der Waals surface area (Å²) < 4.78 is 19.5. The molecule has 0 aliphatic heterocycles. The molecule has 0 aliphatic carbocycles. The summed E-state index contributed by atoms with van der Waals surface area (Å²) >= 11 is 3.11. The quantitative estimate of drug-likeness (QED) is 0.843. The monoisotopic (exact) mass is 284 g/mol. The van der Waals surface area contributed by atoms with Gasteiger partial charge in [-0.05, 0) is 28.1 Å². The Morgan fingerprint density at radius 2 is 2.06 bits per heavy atom. The fraction of sp³-hybridized carbons (Fsp3) is 0.273. The lowest BCUT2D eigenvalue weighted by Crippen LogP contribution is -1.85. The molecule has 0 unspecified atom stereocenters. The number of aromatic nitrogens is 2. The van der Waals surface area contributed by atoms with Crippen LogP contribution in [0.3, 0.4) is 0 Å². The number of benzene rings is 1. The highest BCUT2D eigenvalue weighted by molar-refractivity contribution is 9.10. The molecule has 0 aliphatic rings. The van der Waals surface area contributed by atoms with Crippen LogP contribution in [-0.2, 0) is 0 Å². The third kappa shape index (κ3) is 2.00. The van der Waals surface area contributed by atoms with Crippen LogP contribution in [0.15, 0.2) is 27.1 Å². The van der Waals surface area contributed by atoms with Crippen molar-refractivity contribution in [2.75, 3.05) is 0 Å². The van der Waals surface area contributed by atoms with E-state index in [2.05, 4.69) is 26.1 Å². The predicted molar refractivity (Wildman–Crippen MR) is 61.5 cm³/mol. The van der Waals surface area contributed by atoms with Crippen LogP contribution in [0.25, 0.3) is 11.5 Å². The molecule has 0 radical (unpaired) electrons. The van der Waals surface area contributed by atoms with Gasteiger partial charge in [-0.2, -0.15) is 0 Å². The van der Waals surface area contributed by atoms with Gasteiger partial charge in [0.25, 0.3) is 5.89 Å². The minimum absolute atomic E-state index is 0.136. The van der Waals surface area contributed by atoms with Crippen molar-refractivity contribution in [2.45, 2.75) is 19.8 Å². The third-order valence-corrected chi connectivity index (χ3v) is 2.73. The van der Waals surface area contributed by atoms with Crippen molar-refractivity contribution in [1.82, 2.24) is 10.2 Å². The van der Waals surface area contributed by atoms with Crippen molar-refractivity contribution in [2.24, 2.45) is 0 Å².